The van der Waals surface area contributed by atoms with E-state index in [4.69, 9.17) is 9.47 Å². The zero-order valence-corrected chi connectivity index (χ0v) is 32.4. The molecule has 1 aromatic carbocycles. The molecule has 2 heterocycles. The second-order valence-electron chi connectivity index (χ2n) is 12.4. The monoisotopic (exact) mass is 684 g/mol. The Bertz CT molecular complexity index is 1400. The van der Waals surface area contributed by atoms with Crippen LogP contribution >= 0.6 is 0 Å². The van der Waals surface area contributed by atoms with Gasteiger partial charge >= 0.3 is 0 Å². The second kappa shape index (κ2) is 24.4. The highest BCUT2D eigenvalue weighted by Gasteiger charge is 2.31. The molecular weight excluding hydrogens is 622 g/mol. The fourth-order valence-corrected chi connectivity index (χ4v) is 3.66. The predicted octanol–water partition coefficient (Wildman–Crippen LogP) is 11.5. The van der Waals surface area contributed by atoms with E-state index in [0.29, 0.717) is 30.1 Å². The summed E-state index contributed by atoms with van der Waals surface area (Å²) in [6.45, 7) is 23.4. The van der Waals surface area contributed by atoms with Crippen LogP contribution < -0.4 is 9.47 Å². The van der Waals surface area contributed by atoms with Gasteiger partial charge in [0.25, 0.3) is 5.92 Å². The molecule has 1 fully saturated rings. The number of alkyl halides is 2. The first-order valence-electron chi connectivity index (χ1n) is 17.2. The van der Waals surface area contributed by atoms with E-state index in [1.807, 2.05) is 6.92 Å². The van der Waals surface area contributed by atoms with Gasteiger partial charge in [0, 0.05) is 39.3 Å². The Morgan fingerprint density at radius 3 is 2.02 bits per heavy atom. The molecule has 1 saturated carbocycles. The number of rotatable bonds is 10. The average Bonchev–Trinajstić information content (AvgIpc) is 3.93. The number of methoxy groups -OCH3 is 2. The quantitative estimate of drug-likeness (QED) is 0.197. The highest BCUT2D eigenvalue weighted by Crippen LogP contribution is 2.44. The molecule has 0 unspecified atom stereocenters. The fourth-order valence-electron chi connectivity index (χ4n) is 3.66. The van der Waals surface area contributed by atoms with Crippen molar-refractivity contribution < 1.29 is 23.0 Å². The largest absolute Gasteiger partial charge is 0.480 e. The maximum absolute atomic E-state index is 12.0. The van der Waals surface area contributed by atoms with E-state index in [0.717, 1.165) is 48.1 Å². The van der Waals surface area contributed by atoms with E-state index >= 15 is 0 Å². The number of aryl methyl sites for hydroxylation is 1. The van der Waals surface area contributed by atoms with Gasteiger partial charge in [-0.3, -0.25) is 0 Å². The molecule has 0 N–H and O–H groups in total. The number of aromatic nitrogens is 4. The van der Waals surface area contributed by atoms with Crippen molar-refractivity contribution in [1.82, 2.24) is 19.9 Å². The van der Waals surface area contributed by atoms with Crippen molar-refractivity contribution in [3.05, 3.63) is 77.4 Å². The van der Waals surface area contributed by atoms with Crippen molar-refractivity contribution in [3.8, 4) is 23.1 Å². The van der Waals surface area contributed by atoms with Crippen molar-refractivity contribution in [2.45, 2.75) is 120 Å². The molecule has 9 heteroatoms. The predicted molar refractivity (Wildman–Crippen MR) is 200 cm³/mol. The summed E-state index contributed by atoms with van der Waals surface area (Å²) in [5, 5.41) is 0. The zero-order chi connectivity index (χ0) is 37.6. The van der Waals surface area contributed by atoms with E-state index in [-0.39, 0.29) is 5.57 Å². The lowest BCUT2D eigenvalue weighted by atomic mass is 10.0. The smallest absolute Gasteiger partial charge is 0.266 e. The van der Waals surface area contributed by atoms with Gasteiger partial charge in [-0.2, -0.15) is 4.98 Å². The van der Waals surface area contributed by atoms with E-state index in [9.17, 15) is 8.78 Å². The summed E-state index contributed by atoms with van der Waals surface area (Å²) in [6.07, 6.45) is 10.8. The first-order valence-corrected chi connectivity index (χ1v) is 17.2. The van der Waals surface area contributed by atoms with Gasteiger partial charge in [-0.25, -0.2) is 23.7 Å². The van der Waals surface area contributed by atoms with Gasteiger partial charge in [-0.1, -0.05) is 90.3 Å². The van der Waals surface area contributed by atoms with Crippen LogP contribution in [0.15, 0.2) is 55.0 Å². The van der Waals surface area contributed by atoms with Gasteiger partial charge in [0.15, 0.2) is 5.82 Å². The number of allylic oxidation sites excluding steroid dienone is 3. The Morgan fingerprint density at radius 2 is 1.61 bits per heavy atom. The molecule has 1 aliphatic rings. The summed E-state index contributed by atoms with van der Waals surface area (Å²) in [6, 6.07) is 8.01. The molecule has 0 saturated heterocycles. The Balaban J connectivity index is 0.000000946. The summed E-state index contributed by atoms with van der Waals surface area (Å²) in [4.78, 5) is 17.7. The first kappa shape index (κ1) is 45.3. The van der Waals surface area contributed by atoms with Gasteiger partial charge < -0.3 is 14.2 Å². The van der Waals surface area contributed by atoms with Crippen molar-refractivity contribution >= 4 is 5.57 Å². The van der Waals surface area contributed by atoms with Crippen molar-refractivity contribution in [3.63, 3.8) is 0 Å². The molecule has 0 amide bonds. The van der Waals surface area contributed by atoms with E-state index in [1.165, 1.54) is 49.7 Å². The Labute approximate surface area is 295 Å². The van der Waals surface area contributed by atoms with Crippen LogP contribution in [0.3, 0.4) is 0 Å². The standard InChI is InChI=1S/C23H24N4O2.C6H10F2.C5H12.C4H10.C2H6O/c1-14(2)18-8-5-16(11-15(18)3)12-29-19-9-10-24-22(27-19)20-21(17-6-7-17)25-13-26-23(20)28-4;1-4-5(2)6(3,7)8;1-4-5(2)3;1-3-4-2;1-3-2/h5,8-11,13,17H,1,6-7,12H2,2-4H3;4H,1-3H3;5H,4H2,1-3H3;3-4H2,1-2H3;1-2H3/b;5-4+;;;. The SMILES string of the molecule is C/C=C(\C)C(C)(F)F.C=C(C)c1ccc(COc2ccnc(-c3c(OC)ncnc3C3CC3)n2)cc1C.CCC(C)C.CCCC.COC. The lowest BCUT2D eigenvalue weighted by Crippen LogP contribution is -2.10. The Morgan fingerprint density at radius 1 is 1.02 bits per heavy atom. The molecule has 49 heavy (non-hydrogen) atoms. The van der Waals surface area contributed by atoms with Gasteiger partial charge in [-0.05, 0) is 68.7 Å². The maximum Gasteiger partial charge on any atom is 0.266 e. The lowest BCUT2D eigenvalue weighted by molar-refractivity contribution is 0.0633. The average molecular weight is 685 g/mol. The van der Waals surface area contributed by atoms with Crippen molar-refractivity contribution in [1.29, 1.82) is 0 Å². The molecule has 0 radical (unpaired) electrons. The minimum absolute atomic E-state index is 0.123. The molecule has 3 aromatic rings. The van der Waals surface area contributed by atoms with Crippen LogP contribution in [0.2, 0.25) is 0 Å². The van der Waals surface area contributed by atoms with Gasteiger partial charge in [0.05, 0.1) is 12.8 Å². The van der Waals surface area contributed by atoms with Crippen LogP contribution in [0.5, 0.6) is 11.8 Å². The van der Waals surface area contributed by atoms with E-state index < -0.39 is 5.92 Å². The molecule has 1 aliphatic carbocycles. The number of halogens is 2. The zero-order valence-electron chi connectivity index (χ0n) is 32.4. The van der Waals surface area contributed by atoms with Crippen LogP contribution in [0.1, 0.15) is 123 Å². The third-order valence-electron chi connectivity index (χ3n) is 7.43. The highest BCUT2D eigenvalue weighted by molar-refractivity contribution is 5.66. The summed E-state index contributed by atoms with van der Waals surface area (Å²) >= 11 is 0. The number of hydrogen-bond donors (Lipinski definition) is 0. The molecule has 0 bridgehead atoms. The molecule has 0 atom stereocenters. The second-order valence-corrected chi connectivity index (χ2v) is 12.4. The van der Waals surface area contributed by atoms with Crippen molar-refractivity contribution in [2.24, 2.45) is 5.92 Å². The van der Waals surface area contributed by atoms with Crippen LogP contribution in [0.25, 0.3) is 17.0 Å². The molecule has 0 aliphatic heterocycles. The van der Waals surface area contributed by atoms with Gasteiger partial charge in [-0.15, -0.1) is 0 Å². The van der Waals surface area contributed by atoms with Gasteiger partial charge in [0.2, 0.25) is 11.8 Å². The Kier molecular flexibility index (Phi) is 22.6. The maximum atomic E-state index is 12.0. The van der Waals surface area contributed by atoms with Crippen LogP contribution in [0.4, 0.5) is 8.78 Å². The number of ether oxygens (including phenoxy) is 3. The van der Waals surface area contributed by atoms with Gasteiger partial charge in [0.1, 0.15) is 18.5 Å². The molecule has 4 rings (SSSR count). The molecule has 2 aromatic heterocycles. The summed E-state index contributed by atoms with van der Waals surface area (Å²) in [7, 11) is 4.85. The number of nitrogens with zero attached hydrogens (tertiary/aromatic N) is 4. The van der Waals surface area contributed by atoms with Crippen LogP contribution in [0, 0.1) is 12.8 Å². The summed E-state index contributed by atoms with van der Waals surface area (Å²) in [5.74, 6) is 0.194. The van der Waals surface area contributed by atoms with Crippen molar-refractivity contribution in [2.75, 3.05) is 21.3 Å². The molecule has 0 spiro atoms. The first-order chi connectivity index (χ1) is 23.1. The number of benzene rings is 1. The highest BCUT2D eigenvalue weighted by atomic mass is 19.3. The number of hydrogen-bond acceptors (Lipinski definition) is 7. The normalized spacial score (nSPS) is 12.1. The minimum Gasteiger partial charge on any atom is -0.480 e. The van der Waals surface area contributed by atoms with Crippen LogP contribution in [-0.4, -0.2) is 47.2 Å². The minimum atomic E-state index is -2.63. The summed E-state index contributed by atoms with van der Waals surface area (Å²) < 4.78 is 39.7. The number of unbranched alkanes of at least 4 members (excludes halogenated alkanes) is 1. The molecular formula is C40H62F2N4O3. The third-order valence-corrected chi connectivity index (χ3v) is 7.43. The topological polar surface area (TPSA) is 79.3 Å². The third kappa shape index (κ3) is 18.0. The fraction of sp³-hybridized carbons (Fsp3) is 0.550. The van der Waals surface area contributed by atoms with Crippen LogP contribution in [-0.2, 0) is 11.3 Å². The Hall–Kier alpha value is -3.72. The van der Waals surface area contributed by atoms with E-state index in [2.05, 4.69) is 91.0 Å². The lowest BCUT2D eigenvalue weighted by Gasteiger charge is -2.12. The molecule has 7 nitrogen and oxygen atoms in total. The van der Waals surface area contributed by atoms with E-state index in [1.54, 1.807) is 40.5 Å². The summed E-state index contributed by atoms with van der Waals surface area (Å²) in [5.41, 5.74) is 6.30. The molecule has 274 valence electrons.